The summed E-state index contributed by atoms with van der Waals surface area (Å²) >= 11 is 10.0. The van der Waals surface area contributed by atoms with E-state index in [1.165, 1.54) is 12.4 Å². The Bertz CT molecular complexity index is 1280. The van der Waals surface area contributed by atoms with E-state index in [2.05, 4.69) is 22.7 Å². The molecule has 3 heterocycles. The van der Waals surface area contributed by atoms with Gasteiger partial charge in [0, 0.05) is 28.7 Å². The molecule has 9 heteroatoms. The minimum atomic E-state index is -1.12. The summed E-state index contributed by atoms with van der Waals surface area (Å²) in [5.74, 6) is -1.12. The highest BCUT2D eigenvalue weighted by atomic mass is 35.5. The van der Waals surface area contributed by atoms with Gasteiger partial charge >= 0.3 is 5.97 Å². The van der Waals surface area contributed by atoms with Crippen LogP contribution in [0.3, 0.4) is 0 Å². The minimum Gasteiger partial charge on any atom is -0.480 e. The van der Waals surface area contributed by atoms with Crippen molar-refractivity contribution in [3.8, 4) is 11.1 Å². The molecule has 7 nitrogen and oxygen atoms in total. The lowest BCUT2D eigenvalue weighted by Crippen LogP contribution is -2.31. The van der Waals surface area contributed by atoms with Crippen molar-refractivity contribution >= 4 is 46.7 Å². The van der Waals surface area contributed by atoms with Crippen molar-refractivity contribution in [1.82, 2.24) is 19.2 Å². The van der Waals surface area contributed by atoms with Gasteiger partial charge in [-0.1, -0.05) is 23.7 Å². The van der Waals surface area contributed by atoms with Crippen LogP contribution in [0.2, 0.25) is 5.02 Å². The van der Waals surface area contributed by atoms with Crippen LogP contribution >= 0.6 is 24.2 Å². The van der Waals surface area contributed by atoms with E-state index >= 15 is 0 Å². The molecule has 0 bridgehead atoms. The molecule has 0 aliphatic rings. The van der Waals surface area contributed by atoms with Gasteiger partial charge in [-0.05, 0) is 30.7 Å². The molecule has 0 aliphatic heterocycles. The summed E-state index contributed by atoms with van der Waals surface area (Å²) in [6.07, 6.45) is 2.92. The first-order chi connectivity index (χ1) is 13.4. The number of hydrogen-bond acceptors (Lipinski definition) is 5. The number of carbonyl (C=O) groups is 1. The van der Waals surface area contributed by atoms with Crippen molar-refractivity contribution in [1.29, 1.82) is 0 Å². The van der Waals surface area contributed by atoms with E-state index in [1.54, 1.807) is 22.7 Å². The van der Waals surface area contributed by atoms with Crippen LogP contribution in [0.1, 0.15) is 11.7 Å². The molecule has 0 unspecified atom stereocenters. The normalized spacial score (nSPS) is 12.5. The van der Waals surface area contributed by atoms with Gasteiger partial charge in [0.05, 0.1) is 16.6 Å². The average molecular weight is 415 g/mol. The van der Waals surface area contributed by atoms with Gasteiger partial charge in [0.25, 0.3) is 5.56 Å². The first-order valence-electron chi connectivity index (χ1n) is 8.41. The van der Waals surface area contributed by atoms with Crippen LogP contribution in [0.15, 0.2) is 47.5 Å². The fourth-order valence-corrected chi connectivity index (χ4v) is 3.73. The van der Waals surface area contributed by atoms with Crippen molar-refractivity contribution in [2.45, 2.75) is 13.0 Å². The zero-order valence-corrected chi connectivity index (χ0v) is 16.4. The molecule has 1 aromatic carbocycles. The third-order valence-corrected chi connectivity index (χ3v) is 5.24. The maximum Gasteiger partial charge on any atom is 0.327 e. The Morgan fingerprint density at radius 2 is 2.00 bits per heavy atom. The number of pyridine rings is 1. The van der Waals surface area contributed by atoms with Gasteiger partial charge in [-0.15, -0.1) is 0 Å². The van der Waals surface area contributed by atoms with Gasteiger partial charge in [0.2, 0.25) is 0 Å². The quantitative estimate of drug-likeness (QED) is 0.500. The maximum atomic E-state index is 12.8. The number of thiol groups is 1. The predicted molar refractivity (Wildman–Crippen MR) is 110 cm³/mol. The number of nitrogens with zero attached hydrogens (tertiary/aromatic N) is 4. The maximum absolute atomic E-state index is 12.8. The van der Waals surface area contributed by atoms with Crippen molar-refractivity contribution < 1.29 is 9.90 Å². The molecule has 28 heavy (non-hydrogen) atoms. The Labute approximate surface area is 169 Å². The molecule has 0 saturated heterocycles. The highest BCUT2D eigenvalue weighted by Crippen LogP contribution is 2.29. The number of carboxylic acids is 1. The third kappa shape index (κ3) is 2.85. The fraction of sp³-hybridized carbons (Fsp3) is 0.158. The van der Waals surface area contributed by atoms with Crippen molar-refractivity contribution in [2.24, 2.45) is 0 Å². The first-order valence-corrected chi connectivity index (χ1v) is 9.42. The number of halogens is 1. The van der Waals surface area contributed by atoms with E-state index in [9.17, 15) is 14.7 Å². The average Bonchev–Trinajstić information content (AvgIpc) is 3.01. The Hall–Kier alpha value is -2.84. The van der Waals surface area contributed by atoms with Crippen molar-refractivity contribution in [2.75, 3.05) is 5.75 Å². The molecule has 4 aromatic rings. The molecule has 0 radical (unpaired) electrons. The molecule has 0 fully saturated rings. The van der Waals surface area contributed by atoms with E-state index in [4.69, 9.17) is 11.6 Å². The van der Waals surface area contributed by atoms with E-state index < -0.39 is 17.6 Å². The molecule has 0 saturated carbocycles. The number of carboxylic acid groups (broad SMARTS) is 1. The molecule has 0 amide bonds. The van der Waals surface area contributed by atoms with Crippen LogP contribution in [0.4, 0.5) is 0 Å². The van der Waals surface area contributed by atoms with Gasteiger partial charge in [0.1, 0.15) is 6.04 Å². The molecule has 3 aromatic heterocycles. The first kappa shape index (κ1) is 18.5. The van der Waals surface area contributed by atoms with Gasteiger partial charge in [-0.25, -0.2) is 14.3 Å². The SMILES string of the molecule is Cc1nn2c(ncc3c(=O)n([C@H](CS)C(=O)O)ccc32)c1-c1ccc(Cl)cc1. The predicted octanol–water partition coefficient (Wildman–Crippen LogP) is 3.23. The summed E-state index contributed by atoms with van der Waals surface area (Å²) < 4.78 is 2.76. The second-order valence-corrected chi connectivity index (χ2v) is 7.13. The number of hydrogen-bond donors (Lipinski definition) is 2. The summed E-state index contributed by atoms with van der Waals surface area (Å²) in [5.41, 5.74) is 3.23. The summed E-state index contributed by atoms with van der Waals surface area (Å²) in [6, 6.07) is 7.98. The summed E-state index contributed by atoms with van der Waals surface area (Å²) in [6.45, 7) is 1.87. The lowest BCUT2D eigenvalue weighted by atomic mass is 10.1. The largest absolute Gasteiger partial charge is 0.480 e. The molecule has 1 N–H and O–H groups in total. The Kier molecular flexibility index (Phi) is 4.60. The van der Waals surface area contributed by atoms with E-state index in [0.717, 1.165) is 21.4 Å². The van der Waals surface area contributed by atoms with Gasteiger partial charge < -0.3 is 5.11 Å². The second kappa shape index (κ2) is 6.96. The smallest absolute Gasteiger partial charge is 0.327 e. The van der Waals surface area contributed by atoms with Crippen LogP contribution in [0, 0.1) is 6.92 Å². The molecule has 142 valence electrons. The molecular formula is C19H15ClN4O3S. The highest BCUT2D eigenvalue weighted by molar-refractivity contribution is 7.80. The number of aliphatic carboxylic acids is 1. The molecule has 1 atom stereocenters. The molecule has 4 rings (SSSR count). The number of aromatic nitrogens is 4. The number of fused-ring (bicyclic) bond motifs is 3. The number of benzene rings is 1. The van der Waals surface area contributed by atoms with Crippen LogP contribution in [0.5, 0.6) is 0 Å². The van der Waals surface area contributed by atoms with Gasteiger partial charge in [0.15, 0.2) is 5.65 Å². The lowest BCUT2D eigenvalue weighted by Gasteiger charge is -2.14. The van der Waals surface area contributed by atoms with Crippen LogP contribution in [-0.4, -0.2) is 36.0 Å². The Morgan fingerprint density at radius 3 is 2.64 bits per heavy atom. The monoisotopic (exact) mass is 414 g/mol. The molecular weight excluding hydrogens is 400 g/mol. The Balaban J connectivity index is 1.98. The number of aryl methyl sites for hydroxylation is 1. The lowest BCUT2D eigenvalue weighted by molar-refractivity contribution is -0.140. The molecule has 0 aliphatic carbocycles. The number of rotatable bonds is 4. The Morgan fingerprint density at radius 1 is 1.29 bits per heavy atom. The van der Waals surface area contributed by atoms with Crippen molar-refractivity contribution in [3.05, 3.63) is 63.8 Å². The fourth-order valence-electron chi connectivity index (χ4n) is 3.28. The van der Waals surface area contributed by atoms with E-state index in [1.807, 2.05) is 19.1 Å². The van der Waals surface area contributed by atoms with Gasteiger partial charge in [-0.2, -0.15) is 17.7 Å². The van der Waals surface area contributed by atoms with Crippen LogP contribution < -0.4 is 5.56 Å². The minimum absolute atomic E-state index is 0.00197. The standard InChI is InChI=1S/C19H15ClN4O3S/c1-10-16(11-2-4-12(20)5-3-11)17-21-8-13-14(24(17)22-10)6-7-23(18(13)25)15(9-28)19(26)27/h2-8,15,28H,9H2,1H3,(H,26,27)/t15-/m1/s1. The second-order valence-electron chi connectivity index (χ2n) is 6.32. The van der Waals surface area contributed by atoms with E-state index in [0.29, 0.717) is 16.2 Å². The topological polar surface area (TPSA) is 89.5 Å². The zero-order valence-electron chi connectivity index (χ0n) is 14.7. The van der Waals surface area contributed by atoms with Crippen LogP contribution in [-0.2, 0) is 4.79 Å². The van der Waals surface area contributed by atoms with Crippen LogP contribution in [0.25, 0.3) is 27.7 Å². The zero-order chi connectivity index (χ0) is 20.0. The molecule has 0 spiro atoms. The van der Waals surface area contributed by atoms with Gasteiger partial charge in [-0.3, -0.25) is 9.36 Å². The van der Waals surface area contributed by atoms with Crippen molar-refractivity contribution in [3.63, 3.8) is 0 Å². The highest BCUT2D eigenvalue weighted by Gasteiger charge is 2.21. The summed E-state index contributed by atoms with van der Waals surface area (Å²) in [7, 11) is 0. The summed E-state index contributed by atoms with van der Waals surface area (Å²) in [5, 5.41) is 14.8. The van der Waals surface area contributed by atoms with E-state index in [-0.39, 0.29) is 11.1 Å². The summed E-state index contributed by atoms with van der Waals surface area (Å²) in [4.78, 5) is 28.7. The third-order valence-electron chi connectivity index (χ3n) is 4.64.